The van der Waals surface area contributed by atoms with Crippen LogP contribution >= 0.6 is 0 Å². The van der Waals surface area contributed by atoms with Crippen molar-refractivity contribution in [2.45, 2.75) is 51.8 Å². The molecule has 5 nitrogen and oxygen atoms in total. The molecule has 3 aromatic rings. The molecule has 2 heterocycles. The zero-order valence-electron chi connectivity index (χ0n) is 22.3. The minimum Gasteiger partial charge on any atom is -0.392 e. The quantitative estimate of drug-likeness (QED) is 0.423. The molecule has 2 aliphatic rings. The summed E-state index contributed by atoms with van der Waals surface area (Å²) in [6.07, 6.45) is 1.82. The lowest BCUT2D eigenvalue weighted by Crippen LogP contribution is -2.35. The van der Waals surface area contributed by atoms with Gasteiger partial charge in [-0.3, -0.25) is 9.59 Å². The van der Waals surface area contributed by atoms with E-state index < -0.39 is 23.7 Å². The van der Waals surface area contributed by atoms with Gasteiger partial charge in [0.25, 0.3) is 0 Å². The van der Waals surface area contributed by atoms with Gasteiger partial charge in [-0.15, -0.1) is 0 Å². The van der Waals surface area contributed by atoms with Crippen molar-refractivity contribution in [1.29, 1.82) is 0 Å². The van der Waals surface area contributed by atoms with Gasteiger partial charge in [0.1, 0.15) is 11.6 Å². The van der Waals surface area contributed by atoms with Crippen molar-refractivity contribution in [3.8, 4) is 0 Å². The van der Waals surface area contributed by atoms with E-state index in [1.165, 1.54) is 17.7 Å². The molecular weight excluding hydrogens is 498 g/mol. The summed E-state index contributed by atoms with van der Waals surface area (Å²) < 4.78 is 26.7. The molecule has 0 aromatic heterocycles. The molecule has 0 spiro atoms. The first-order valence-electron chi connectivity index (χ1n) is 13.6. The molecule has 7 heteroatoms. The summed E-state index contributed by atoms with van der Waals surface area (Å²) in [6, 6.07) is 23.2. The van der Waals surface area contributed by atoms with E-state index in [-0.39, 0.29) is 11.8 Å². The Balaban J connectivity index is 0.000000226. The number of halogens is 2. The normalized spacial score (nSPS) is 18.6. The third-order valence-electron chi connectivity index (χ3n) is 7.42. The van der Waals surface area contributed by atoms with E-state index in [1.807, 2.05) is 53.4 Å². The number of hydrogen-bond donors (Lipinski definition) is 1. The fourth-order valence-corrected chi connectivity index (χ4v) is 5.33. The first kappa shape index (κ1) is 28.4. The minimum absolute atomic E-state index is 0.0568. The molecule has 2 saturated heterocycles. The van der Waals surface area contributed by atoms with Crippen LogP contribution in [0.25, 0.3) is 0 Å². The standard InChI is InChI=1S/C21H23F2NO2.C11H13NO/c1-14(9-16-10-17(22)12-18(23)11-16)20(25)19-7-8-24(21(19)26)13-15-5-3-2-4-6-15;13-11-7-4-8-12(11)9-10-5-2-1-3-6-10/h2-6,10-12,14,19-20,25H,7-9,13H2,1H3;1-3,5-6H,4,7-9H2/t14-,19-,20-;/m0./s1. The van der Waals surface area contributed by atoms with Crippen molar-refractivity contribution in [3.05, 3.63) is 107 Å². The van der Waals surface area contributed by atoms with Gasteiger partial charge >= 0.3 is 0 Å². The number of nitrogens with zero attached hydrogens (tertiary/aromatic N) is 2. The van der Waals surface area contributed by atoms with Crippen molar-refractivity contribution >= 4 is 11.8 Å². The predicted molar refractivity (Wildman–Crippen MR) is 146 cm³/mol. The van der Waals surface area contributed by atoms with Gasteiger partial charge in [0, 0.05) is 38.7 Å². The van der Waals surface area contributed by atoms with Crippen LogP contribution in [-0.2, 0) is 29.1 Å². The second kappa shape index (κ2) is 13.5. The Hall–Kier alpha value is -3.58. The number of aliphatic hydroxyl groups is 1. The summed E-state index contributed by atoms with van der Waals surface area (Å²) in [6.45, 7) is 4.65. The first-order chi connectivity index (χ1) is 18.8. The Labute approximate surface area is 229 Å². The number of carbonyl (C=O) groups is 2. The maximum atomic E-state index is 13.3. The summed E-state index contributed by atoms with van der Waals surface area (Å²) >= 11 is 0. The minimum atomic E-state index is -0.838. The Kier molecular flexibility index (Phi) is 9.82. The van der Waals surface area contributed by atoms with Crippen LogP contribution in [0.1, 0.15) is 42.9 Å². The summed E-state index contributed by atoms with van der Waals surface area (Å²) in [5.41, 5.74) is 2.76. The lowest BCUT2D eigenvalue weighted by atomic mass is 9.87. The first-order valence-corrected chi connectivity index (χ1v) is 13.6. The molecule has 2 fully saturated rings. The highest BCUT2D eigenvalue weighted by Crippen LogP contribution is 2.28. The van der Waals surface area contributed by atoms with E-state index >= 15 is 0 Å². The van der Waals surface area contributed by atoms with Crippen LogP contribution in [0, 0.1) is 23.5 Å². The smallest absolute Gasteiger partial charge is 0.228 e. The molecule has 0 saturated carbocycles. The van der Waals surface area contributed by atoms with Crippen molar-refractivity contribution in [1.82, 2.24) is 9.80 Å². The zero-order chi connectivity index (χ0) is 27.8. The van der Waals surface area contributed by atoms with Crippen molar-refractivity contribution < 1.29 is 23.5 Å². The molecule has 1 N–H and O–H groups in total. The third-order valence-corrected chi connectivity index (χ3v) is 7.42. The lowest BCUT2D eigenvalue weighted by Gasteiger charge is -2.24. The fourth-order valence-electron chi connectivity index (χ4n) is 5.33. The Morgan fingerprint density at radius 3 is 1.92 bits per heavy atom. The van der Waals surface area contributed by atoms with E-state index in [4.69, 9.17) is 0 Å². The van der Waals surface area contributed by atoms with Crippen LogP contribution < -0.4 is 0 Å². The zero-order valence-corrected chi connectivity index (χ0v) is 22.3. The van der Waals surface area contributed by atoms with Crippen LogP contribution in [0.4, 0.5) is 8.78 Å². The maximum Gasteiger partial charge on any atom is 0.228 e. The Morgan fingerprint density at radius 2 is 1.38 bits per heavy atom. The maximum absolute atomic E-state index is 13.3. The Bertz CT molecular complexity index is 1220. The number of likely N-dealkylation sites (tertiary alicyclic amines) is 2. The van der Waals surface area contributed by atoms with E-state index in [9.17, 15) is 23.5 Å². The second-order valence-corrected chi connectivity index (χ2v) is 10.5. The van der Waals surface area contributed by atoms with Gasteiger partial charge in [-0.05, 0) is 54.0 Å². The highest BCUT2D eigenvalue weighted by atomic mass is 19.1. The molecule has 3 aromatic carbocycles. The highest BCUT2D eigenvalue weighted by molar-refractivity contribution is 5.81. The molecule has 0 radical (unpaired) electrons. The van der Waals surface area contributed by atoms with Crippen LogP contribution in [0.3, 0.4) is 0 Å². The summed E-state index contributed by atoms with van der Waals surface area (Å²) in [4.78, 5) is 27.7. The Morgan fingerprint density at radius 1 is 0.821 bits per heavy atom. The average Bonchev–Trinajstić information content (AvgIpc) is 3.49. The molecule has 5 rings (SSSR count). The average molecular weight is 535 g/mol. The van der Waals surface area contributed by atoms with Gasteiger partial charge in [-0.1, -0.05) is 67.6 Å². The van der Waals surface area contributed by atoms with Gasteiger partial charge in [-0.2, -0.15) is 0 Å². The number of aliphatic hydroxyl groups excluding tert-OH is 1. The van der Waals surface area contributed by atoms with E-state index in [1.54, 1.807) is 11.8 Å². The molecule has 3 atom stereocenters. The van der Waals surface area contributed by atoms with Crippen molar-refractivity contribution in [2.24, 2.45) is 11.8 Å². The second-order valence-electron chi connectivity index (χ2n) is 10.5. The highest BCUT2D eigenvalue weighted by Gasteiger charge is 2.38. The van der Waals surface area contributed by atoms with Crippen molar-refractivity contribution in [3.63, 3.8) is 0 Å². The number of amides is 2. The molecule has 0 aliphatic carbocycles. The summed E-state index contributed by atoms with van der Waals surface area (Å²) in [7, 11) is 0. The number of hydrogen-bond acceptors (Lipinski definition) is 3. The van der Waals surface area contributed by atoms with E-state index in [0.717, 1.165) is 37.6 Å². The van der Waals surface area contributed by atoms with E-state index in [0.29, 0.717) is 37.4 Å². The molecule has 39 heavy (non-hydrogen) atoms. The summed E-state index contributed by atoms with van der Waals surface area (Å²) in [5, 5.41) is 10.6. The monoisotopic (exact) mass is 534 g/mol. The van der Waals surface area contributed by atoms with Gasteiger partial charge < -0.3 is 14.9 Å². The van der Waals surface area contributed by atoms with Crippen LogP contribution in [0.5, 0.6) is 0 Å². The molecule has 2 amide bonds. The predicted octanol–water partition coefficient (Wildman–Crippen LogP) is 5.36. The fraction of sp³-hybridized carbons (Fsp3) is 0.375. The summed E-state index contributed by atoms with van der Waals surface area (Å²) in [5.74, 6) is -1.77. The molecule has 206 valence electrons. The van der Waals surface area contributed by atoms with E-state index in [2.05, 4.69) is 12.1 Å². The molecule has 2 aliphatic heterocycles. The van der Waals surface area contributed by atoms with Crippen LogP contribution in [0.15, 0.2) is 78.9 Å². The van der Waals surface area contributed by atoms with Crippen molar-refractivity contribution in [2.75, 3.05) is 13.1 Å². The molecule has 0 bridgehead atoms. The number of rotatable bonds is 8. The molecular formula is C32H36F2N2O3. The van der Waals surface area contributed by atoms with Gasteiger partial charge in [0.2, 0.25) is 11.8 Å². The third kappa shape index (κ3) is 7.96. The van der Waals surface area contributed by atoms with Gasteiger partial charge in [-0.25, -0.2) is 8.78 Å². The topological polar surface area (TPSA) is 60.9 Å². The number of carbonyl (C=O) groups excluding carboxylic acids is 2. The van der Waals surface area contributed by atoms with Crippen LogP contribution in [-0.4, -0.2) is 45.9 Å². The number of benzene rings is 3. The SMILES string of the molecule is C[C@@H](Cc1cc(F)cc(F)c1)[C@H](O)[C@@H]1CCN(Cc2ccccc2)C1=O.O=C1CCCN1Cc1ccccc1. The lowest BCUT2D eigenvalue weighted by molar-refractivity contribution is -0.135. The van der Waals surface area contributed by atoms with Gasteiger partial charge in [0.05, 0.1) is 12.0 Å². The molecule has 0 unspecified atom stereocenters. The van der Waals surface area contributed by atoms with Crippen LogP contribution in [0.2, 0.25) is 0 Å². The largest absolute Gasteiger partial charge is 0.392 e. The van der Waals surface area contributed by atoms with Gasteiger partial charge in [0.15, 0.2) is 0 Å².